The summed E-state index contributed by atoms with van der Waals surface area (Å²) in [5.41, 5.74) is 0. The molecule has 13 heavy (non-hydrogen) atoms. The van der Waals surface area contributed by atoms with Crippen molar-refractivity contribution in [3.63, 3.8) is 0 Å². The molecule has 0 bridgehead atoms. The van der Waals surface area contributed by atoms with Crippen molar-refractivity contribution in [1.82, 2.24) is 4.98 Å². The summed E-state index contributed by atoms with van der Waals surface area (Å²) < 4.78 is 0.945. The summed E-state index contributed by atoms with van der Waals surface area (Å²) in [5, 5.41) is 12.2. The van der Waals surface area contributed by atoms with Gasteiger partial charge < -0.3 is 10.4 Å². The Labute approximate surface area is 86.3 Å². The molecule has 1 heterocycles. The molecule has 0 saturated carbocycles. The molecule has 1 aromatic heterocycles. The van der Waals surface area contributed by atoms with Crippen LogP contribution in [0.25, 0.3) is 0 Å². The van der Waals surface area contributed by atoms with Crippen molar-refractivity contribution in [3.05, 3.63) is 22.8 Å². The van der Waals surface area contributed by atoms with Crippen LogP contribution in [-0.2, 0) is 0 Å². The average Bonchev–Trinajstić information content (AvgIpc) is 2.08. The molecular formula is C9H13BrN2O. The Morgan fingerprint density at radius 2 is 2.46 bits per heavy atom. The molecule has 0 amide bonds. The zero-order valence-electron chi connectivity index (χ0n) is 7.50. The maximum Gasteiger partial charge on any atom is 0.140 e. The lowest BCUT2D eigenvalue weighted by Crippen LogP contribution is -2.10. The Bertz CT molecular complexity index is 266. The largest absolute Gasteiger partial charge is 0.393 e. The minimum atomic E-state index is -0.269. The van der Waals surface area contributed by atoms with E-state index in [0.717, 1.165) is 23.3 Å². The number of hydrogen-bond donors (Lipinski definition) is 2. The standard InChI is InChI=1S/C9H13BrN2O/c1-7(13)4-6-12-9-8(10)3-2-5-11-9/h2-3,5,7,13H,4,6H2,1H3,(H,11,12)/t7-/m0/s1. The van der Waals surface area contributed by atoms with Crippen molar-refractivity contribution < 1.29 is 5.11 Å². The molecule has 1 atom stereocenters. The molecule has 2 N–H and O–H groups in total. The van der Waals surface area contributed by atoms with Crippen LogP contribution in [0.2, 0.25) is 0 Å². The second kappa shape index (κ2) is 5.19. The Morgan fingerprint density at radius 1 is 1.69 bits per heavy atom. The molecule has 0 fully saturated rings. The van der Waals surface area contributed by atoms with E-state index in [4.69, 9.17) is 5.11 Å². The zero-order chi connectivity index (χ0) is 9.68. The van der Waals surface area contributed by atoms with Crippen LogP contribution in [0.4, 0.5) is 5.82 Å². The van der Waals surface area contributed by atoms with Crippen molar-refractivity contribution in [2.75, 3.05) is 11.9 Å². The van der Waals surface area contributed by atoms with Crippen molar-refractivity contribution in [3.8, 4) is 0 Å². The van der Waals surface area contributed by atoms with Gasteiger partial charge in [-0.1, -0.05) is 0 Å². The first-order chi connectivity index (χ1) is 6.20. The molecule has 0 aliphatic rings. The first kappa shape index (κ1) is 10.5. The third kappa shape index (κ3) is 3.74. The second-order valence-electron chi connectivity index (χ2n) is 2.90. The fourth-order valence-corrected chi connectivity index (χ4v) is 1.31. The van der Waals surface area contributed by atoms with Gasteiger partial charge in [-0.3, -0.25) is 0 Å². The fraction of sp³-hybridized carbons (Fsp3) is 0.444. The molecule has 0 radical (unpaired) electrons. The number of pyridine rings is 1. The second-order valence-corrected chi connectivity index (χ2v) is 3.75. The highest BCUT2D eigenvalue weighted by atomic mass is 79.9. The van der Waals surface area contributed by atoms with E-state index in [2.05, 4.69) is 26.2 Å². The van der Waals surface area contributed by atoms with E-state index in [-0.39, 0.29) is 6.10 Å². The van der Waals surface area contributed by atoms with Crippen molar-refractivity contribution in [1.29, 1.82) is 0 Å². The summed E-state index contributed by atoms with van der Waals surface area (Å²) in [4.78, 5) is 4.14. The number of aliphatic hydroxyl groups excluding tert-OH is 1. The molecule has 0 aromatic carbocycles. The molecule has 1 rings (SSSR count). The number of hydrogen-bond acceptors (Lipinski definition) is 3. The first-order valence-corrected chi connectivity index (χ1v) is 5.02. The van der Waals surface area contributed by atoms with Crippen LogP contribution in [0.5, 0.6) is 0 Å². The first-order valence-electron chi connectivity index (χ1n) is 4.22. The molecule has 0 aliphatic carbocycles. The number of nitrogens with zero attached hydrogens (tertiary/aromatic N) is 1. The van der Waals surface area contributed by atoms with Gasteiger partial charge in [0.05, 0.1) is 10.6 Å². The van der Waals surface area contributed by atoms with Gasteiger partial charge in [0.15, 0.2) is 0 Å². The van der Waals surface area contributed by atoms with Crippen LogP contribution in [0, 0.1) is 0 Å². The minimum Gasteiger partial charge on any atom is -0.393 e. The van der Waals surface area contributed by atoms with Gasteiger partial charge in [0.2, 0.25) is 0 Å². The predicted octanol–water partition coefficient (Wildman–Crippen LogP) is 2.03. The number of halogens is 1. The monoisotopic (exact) mass is 244 g/mol. The minimum absolute atomic E-state index is 0.269. The molecule has 0 spiro atoms. The highest BCUT2D eigenvalue weighted by Gasteiger charge is 1.99. The fourth-order valence-electron chi connectivity index (χ4n) is 0.915. The molecule has 3 nitrogen and oxygen atoms in total. The maximum atomic E-state index is 9.03. The van der Waals surface area contributed by atoms with E-state index >= 15 is 0 Å². The third-order valence-corrected chi connectivity index (χ3v) is 2.25. The molecular weight excluding hydrogens is 232 g/mol. The molecule has 0 unspecified atom stereocenters. The van der Waals surface area contributed by atoms with Crippen LogP contribution in [-0.4, -0.2) is 22.7 Å². The van der Waals surface area contributed by atoms with Crippen LogP contribution in [0.1, 0.15) is 13.3 Å². The maximum absolute atomic E-state index is 9.03. The van der Waals surface area contributed by atoms with Gasteiger partial charge in [-0.05, 0) is 41.4 Å². The SMILES string of the molecule is C[C@H](O)CCNc1ncccc1Br. The molecule has 72 valence electrons. The van der Waals surface area contributed by atoms with Crippen LogP contribution >= 0.6 is 15.9 Å². The summed E-state index contributed by atoms with van der Waals surface area (Å²) in [6, 6.07) is 3.79. The lowest BCUT2D eigenvalue weighted by molar-refractivity contribution is 0.188. The lowest BCUT2D eigenvalue weighted by atomic mass is 10.3. The van der Waals surface area contributed by atoms with E-state index in [1.165, 1.54) is 0 Å². The summed E-state index contributed by atoms with van der Waals surface area (Å²) in [7, 11) is 0. The van der Waals surface area contributed by atoms with Gasteiger partial charge in [0.1, 0.15) is 5.82 Å². The zero-order valence-corrected chi connectivity index (χ0v) is 9.08. The Kier molecular flexibility index (Phi) is 4.18. The Morgan fingerprint density at radius 3 is 3.08 bits per heavy atom. The Hall–Kier alpha value is -0.610. The van der Waals surface area contributed by atoms with Gasteiger partial charge in [-0.15, -0.1) is 0 Å². The van der Waals surface area contributed by atoms with Gasteiger partial charge in [-0.2, -0.15) is 0 Å². The van der Waals surface area contributed by atoms with Crippen LogP contribution < -0.4 is 5.32 Å². The number of nitrogens with one attached hydrogen (secondary N) is 1. The smallest absolute Gasteiger partial charge is 0.140 e. The molecule has 0 saturated heterocycles. The van der Waals surface area contributed by atoms with Crippen LogP contribution in [0.15, 0.2) is 22.8 Å². The Balaban J connectivity index is 2.41. The number of anilines is 1. The third-order valence-electron chi connectivity index (χ3n) is 1.61. The summed E-state index contributed by atoms with van der Waals surface area (Å²) in [5.74, 6) is 0.822. The van der Waals surface area contributed by atoms with Crippen molar-refractivity contribution >= 4 is 21.7 Å². The number of aliphatic hydroxyl groups is 1. The predicted molar refractivity (Wildman–Crippen MR) is 56.7 cm³/mol. The van der Waals surface area contributed by atoms with Crippen LogP contribution in [0.3, 0.4) is 0 Å². The molecule has 0 aliphatic heterocycles. The number of rotatable bonds is 4. The lowest BCUT2D eigenvalue weighted by Gasteiger charge is -2.07. The normalized spacial score (nSPS) is 12.5. The van der Waals surface area contributed by atoms with Gasteiger partial charge in [0.25, 0.3) is 0 Å². The van der Waals surface area contributed by atoms with Crippen molar-refractivity contribution in [2.24, 2.45) is 0 Å². The number of aromatic nitrogens is 1. The summed E-state index contributed by atoms with van der Waals surface area (Å²) in [6.45, 7) is 2.50. The van der Waals surface area contributed by atoms with E-state index in [1.54, 1.807) is 13.1 Å². The topological polar surface area (TPSA) is 45.1 Å². The van der Waals surface area contributed by atoms with E-state index in [1.807, 2.05) is 12.1 Å². The van der Waals surface area contributed by atoms with Gasteiger partial charge >= 0.3 is 0 Å². The van der Waals surface area contributed by atoms with E-state index in [0.29, 0.717) is 0 Å². The van der Waals surface area contributed by atoms with E-state index in [9.17, 15) is 0 Å². The quantitative estimate of drug-likeness (QED) is 0.853. The van der Waals surface area contributed by atoms with Gasteiger partial charge in [0, 0.05) is 12.7 Å². The highest BCUT2D eigenvalue weighted by molar-refractivity contribution is 9.10. The van der Waals surface area contributed by atoms with Crippen molar-refractivity contribution in [2.45, 2.75) is 19.4 Å². The molecule has 1 aromatic rings. The van der Waals surface area contributed by atoms with Gasteiger partial charge in [-0.25, -0.2) is 4.98 Å². The summed E-state index contributed by atoms with van der Waals surface area (Å²) >= 11 is 3.38. The molecule has 4 heteroatoms. The average molecular weight is 245 g/mol. The van der Waals surface area contributed by atoms with E-state index < -0.39 is 0 Å². The summed E-state index contributed by atoms with van der Waals surface area (Å²) in [6.07, 6.45) is 2.19. The highest BCUT2D eigenvalue weighted by Crippen LogP contribution is 2.17.